The van der Waals surface area contributed by atoms with Crippen LogP contribution in [-0.2, 0) is 0 Å². The molecule has 0 aliphatic heterocycles. The van der Waals surface area contributed by atoms with Gasteiger partial charge in [-0.3, -0.25) is 0 Å². The minimum Gasteiger partial charge on any atom is -0.316 e. The molecule has 9 heavy (non-hydrogen) atoms. The van der Waals surface area contributed by atoms with E-state index in [2.05, 4.69) is 41.8 Å². The molecular weight excluding hydrogens is 225 g/mol. The molecule has 0 aliphatic rings. The van der Waals surface area contributed by atoms with E-state index in [0.29, 0.717) is 0 Å². The minimum absolute atomic E-state index is 0.791. The highest BCUT2D eigenvalue weighted by Crippen LogP contribution is 1.89. The Hall–Kier alpha value is 0.690. The van der Waals surface area contributed by atoms with Crippen molar-refractivity contribution in [1.29, 1.82) is 0 Å². The largest absolute Gasteiger partial charge is 0.316 e. The number of hydrogen-bond acceptors (Lipinski definition) is 1. The third kappa shape index (κ3) is 8.69. The predicted molar refractivity (Wildman–Crippen MR) is 51.2 cm³/mol. The standard InChI is InChI=1S/C7H16IN/c1-7(2)6-9-5-3-4-8/h7,9H,3-6H2,1-2H3. The molecule has 2 heteroatoms. The number of halogens is 1. The van der Waals surface area contributed by atoms with E-state index < -0.39 is 0 Å². The molecule has 0 aromatic rings. The summed E-state index contributed by atoms with van der Waals surface area (Å²) >= 11 is 2.40. The lowest BCUT2D eigenvalue weighted by Crippen LogP contribution is -2.20. The first-order valence-electron chi connectivity index (χ1n) is 3.54. The Balaban J connectivity index is 2.75. The van der Waals surface area contributed by atoms with Gasteiger partial charge in [-0.2, -0.15) is 0 Å². The van der Waals surface area contributed by atoms with Gasteiger partial charge < -0.3 is 5.32 Å². The van der Waals surface area contributed by atoms with Crippen molar-refractivity contribution in [3.05, 3.63) is 0 Å². The molecule has 0 bridgehead atoms. The third-order valence-electron chi connectivity index (χ3n) is 1.04. The van der Waals surface area contributed by atoms with Gasteiger partial charge in [-0.25, -0.2) is 0 Å². The maximum Gasteiger partial charge on any atom is 0.000735 e. The number of alkyl halides is 1. The van der Waals surface area contributed by atoms with Crippen LogP contribution in [-0.4, -0.2) is 17.5 Å². The Bertz CT molecular complexity index is 54.9. The van der Waals surface area contributed by atoms with E-state index >= 15 is 0 Å². The normalized spacial score (nSPS) is 10.7. The van der Waals surface area contributed by atoms with Crippen molar-refractivity contribution in [2.24, 2.45) is 5.92 Å². The van der Waals surface area contributed by atoms with Crippen LogP contribution in [0, 0.1) is 5.92 Å². The predicted octanol–water partition coefficient (Wildman–Crippen LogP) is 2.06. The number of rotatable bonds is 5. The zero-order chi connectivity index (χ0) is 7.11. The van der Waals surface area contributed by atoms with Crippen LogP contribution in [0.4, 0.5) is 0 Å². The van der Waals surface area contributed by atoms with Crippen molar-refractivity contribution in [1.82, 2.24) is 5.32 Å². The summed E-state index contributed by atoms with van der Waals surface area (Å²) in [5.41, 5.74) is 0. The summed E-state index contributed by atoms with van der Waals surface area (Å²) < 4.78 is 1.27. The molecule has 0 aromatic carbocycles. The van der Waals surface area contributed by atoms with Gasteiger partial charge in [0, 0.05) is 4.43 Å². The molecule has 1 N–H and O–H groups in total. The van der Waals surface area contributed by atoms with Gasteiger partial charge in [0.2, 0.25) is 0 Å². The molecule has 0 fully saturated rings. The van der Waals surface area contributed by atoms with Crippen LogP contribution in [0.3, 0.4) is 0 Å². The van der Waals surface area contributed by atoms with Gasteiger partial charge in [0.25, 0.3) is 0 Å². The highest BCUT2D eigenvalue weighted by atomic mass is 127. The van der Waals surface area contributed by atoms with E-state index in [1.165, 1.54) is 17.4 Å². The first kappa shape index (κ1) is 9.69. The van der Waals surface area contributed by atoms with E-state index in [0.717, 1.165) is 12.5 Å². The van der Waals surface area contributed by atoms with Gasteiger partial charge in [-0.1, -0.05) is 36.4 Å². The molecule has 0 atom stereocenters. The fraction of sp³-hybridized carbons (Fsp3) is 1.00. The highest BCUT2D eigenvalue weighted by molar-refractivity contribution is 14.1. The SMILES string of the molecule is CC(C)CNCCCI. The average molecular weight is 241 g/mol. The zero-order valence-corrected chi connectivity index (χ0v) is 8.44. The molecule has 0 radical (unpaired) electrons. The summed E-state index contributed by atoms with van der Waals surface area (Å²) in [7, 11) is 0. The molecule has 0 saturated heterocycles. The lowest BCUT2D eigenvalue weighted by Gasteiger charge is -2.04. The van der Waals surface area contributed by atoms with Crippen LogP contribution in [0.25, 0.3) is 0 Å². The Labute approximate surface area is 71.7 Å². The molecule has 1 nitrogen and oxygen atoms in total. The lowest BCUT2D eigenvalue weighted by molar-refractivity contribution is 0.552. The molecule has 0 unspecified atom stereocenters. The molecular formula is C7H16IN. The Morgan fingerprint density at radius 1 is 1.44 bits per heavy atom. The van der Waals surface area contributed by atoms with Gasteiger partial charge in [0.1, 0.15) is 0 Å². The van der Waals surface area contributed by atoms with Gasteiger partial charge in [0.05, 0.1) is 0 Å². The van der Waals surface area contributed by atoms with E-state index in [4.69, 9.17) is 0 Å². The summed E-state index contributed by atoms with van der Waals surface area (Å²) in [5.74, 6) is 0.791. The van der Waals surface area contributed by atoms with Crippen LogP contribution in [0.1, 0.15) is 20.3 Å². The fourth-order valence-electron chi connectivity index (χ4n) is 0.583. The second kappa shape index (κ2) is 6.81. The van der Waals surface area contributed by atoms with Crippen molar-refractivity contribution in [2.75, 3.05) is 17.5 Å². The van der Waals surface area contributed by atoms with E-state index in [-0.39, 0.29) is 0 Å². The Morgan fingerprint density at radius 2 is 2.11 bits per heavy atom. The summed E-state index contributed by atoms with van der Waals surface area (Å²) in [5, 5.41) is 3.38. The van der Waals surface area contributed by atoms with Crippen LogP contribution in [0.15, 0.2) is 0 Å². The zero-order valence-electron chi connectivity index (χ0n) is 6.28. The van der Waals surface area contributed by atoms with E-state index in [9.17, 15) is 0 Å². The number of nitrogens with one attached hydrogen (secondary N) is 1. The monoisotopic (exact) mass is 241 g/mol. The first-order valence-corrected chi connectivity index (χ1v) is 5.06. The van der Waals surface area contributed by atoms with Crippen LogP contribution < -0.4 is 5.32 Å². The van der Waals surface area contributed by atoms with Crippen molar-refractivity contribution >= 4 is 22.6 Å². The van der Waals surface area contributed by atoms with Crippen LogP contribution in [0.5, 0.6) is 0 Å². The summed E-state index contributed by atoms with van der Waals surface area (Å²) in [6, 6.07) is 0. The van der Waals surface area contributed by atoms with Gasteiger partial charge >= 0.3 is 0 Å². The van der Waals surface area contributed by atoms with Crippen LogP contribution in [0.2, 0.25) is 0 Å². The maximum atomic E-state index is 3.38. The van der Waals surface area contributed by atoms with Crippen molar-refractivity contribution in [3.8, 4) is 0 Å². The molecule has 0 aliphatic carbocycles. The summed E-state index contributed by atoms with van der Waals surface area (Å²) in [6.45, 7) is 6.81. The van der Waals surface area contributed by atoms with Gasteiger partial charge in [0.15, 0.2) is 0 Å². The lowest BCUT2D eigenvalue weighted by atomic mass is 10.2. The fourth-order valence-corrected chi connectivity index (χ4v) is 0.964. The smallest absolute Gasteiger partial charge is 0.000735 e. The quantitative estimate of drug-likeness (QED) is 0.441. The molecule has 0 spiro atoms. The topological polar surface area (TPSA) is 12.0 Å². The van der Waals surface area contributed by atoms with Gasteiger partial charge in [-0.05, 0) is 25.4 Å². The molecule has 0 rings (SSSR count). The first-order chi connectivity index (χ1) is 4.27. The second-order valence-electron chi connectivity index (χ2n) is 2.64. The Morgan fingerprint density at radius 3 is 2.56 bits per heavy atom. The molecule has 0 amide bonds. The molecule has 0 aromatic heterocycles. The molecule has 0 heterocycles. The summed E-state index contributed by atoms with van der Waals surface area (Å²) in [4.78, 5) is 0. The van der Waals surface area contributed by atoms with E-state index in [1.807, 2.05) is 0 Å². The highest BCUT2D eigenvalue weighted by Gasteiger charge is 1.90. The Kier molecular flexibility index (Phi) is 7.33. The minimum atomic E-state index is 0.791. The summed E-state index contributed by atoms with van der Waals surface area (Å²) in [6.07, 6.45) is 1.30. The van der Waals surface area contributed by atoms with Crippen molar-refractivity contribution in [3.63, 3.8) is 0 Å². The third-order valence-corrected chi connectivity index (χ3v) is 1.80. The molecule has 56 valence electrons. The number of hydrogen-bond donors (Lipinski definition) is 1. The average Bonchev–Trinajstić information content (AvgIpc) is 1.80. The van der Waals surface area contributed by atoms with Crippen molar-refractivity contribution < 1.29 is 0 Å². The maximum absolute atomic E-state index is 3.38. The van der Waals surface area contributed by atoms with E-state index in [1.54, 1.807) is 0 Å². The molecule has 0 saturated carbocycles. The van der Waals surface area contributed by atoms with Crippen LogP contribution >= 0.6 is 22.6 Å². The van der Waals surface area contributed by atoms with Crippen molar-refractivity contribution in [2.45, 2.75) is 20.3 Å². The van der Waals surface area contributed by atoms with Gasteiger partial charge in [-0.15, -0.1) is 0 Å². The second-order valence-corrected chi connectivity index (χ2v) is 3.72.